The van der Waals surface area contributed by atoms with Crippen LogP contribution in [0.25, 0.3) is 0 Å². The van der Waals surface area contributed by atoms with Crippen molar-refractivity contribution in [1.82, 2.24) is 5.32 Å². The summed E-state index contributed by atoms with van der Waals surface area (Å²) in [6, 6.07) is 35.9. The minimum atomic E-state index is -0.960. The van der Waals surface area contributed by atoms with E-state index in [0.717, 1.165) is 33.8 Å². The van der Waals surface area contributed by atoms with Crippen LogP contribution in [0, 0.1) is 0 Å². The number of carbonyl (C=O) groups excluding carboxylic acids is 1. The predicted molar refractivity (Wildman–Crippen MR) is 128 cm³/mol. The van der Waals surface area contributed by atoms with Gasteiger partial charge in [-0.25, -0.2) is 0 Å². The summed E-state index contributed by atoms with van der Waals surface area (Å²) in [6.45, 7) is 0.760. The standard InChI is InChI=1S/C29H25NO3/c31-28(30-19-18-22-16-17-26-27(20-22)33-21-32-26)29(23-10-4-1-5-11-23,24-12-6-2-7-13-24)25-14-8-3-9-15-25/h1-17,20H,18-19,21H2,(H,30,31). The molecule has 5 rings (SSSR count). The molecule has 0 radical (unpaired) electrons. The van der Waals surface area contributed by atoms with Crippen LogP contribution in [0.5, 0.6) is 11.5 Å². The zero-order chi connectivity index (χ0) is 22.5. The van der Waals surface area contributed by atoms with Gasteiger partial charge in [-0.15, -0.1) is 0 Å². The van der Waals surface area contributed by atoms with Crippen molar-refractivity contribution in [3.8, 4) is 11.5 Å². The molecule has 1 amide bonds. The van der Waals surface area contributed by atoms with E-state index in [1.807, 2.05) is 109 Å². The Morgan fingerprint density at radius 2 is 1.21 bits per heavy atom. The van der Waals surface area contributed by atoms with Crippen molar-refractivity contribution in [3.05, 3.63) is 131 Å². The molecule has 4 nitrogen and oxygen atoms in total. The van der Waals surface area contributed by atoms with E-state index in [-0.39, 0.29) is 12.7 Å². The predicted octanol–water partition coefficient (Wildman–Crippen LogP) is 5.11. The van der Waals surface area contributed by atoms with Crippen molar-refractivity contribution >= 4 is 5.91 Å². The molecule has 4 aromatic rings. The summed E-state index contributed by atoms with van der Waals surface area (Å²) in [5.41, 5.74) is 2.93. The maximum absolute atomic E-state index is 14.1. The first-order valence-corrected chi connectivity index (χ1v) is 11.1. The lowest BCUT2D eigenvalue weighted by Gasteiger charge is -2.34. The minimum Gasteiger partial charge on any atom is -0.454 e. The highest BCUT2D eigenvalue weighted by molar-refractivity contribution is 5.96. The molecule has 0 saturated carbocycles. The Kier molecular flexibility index (Phi) is 5.81. The first kappa shape index (κ1) is 20.8. The first-order chi connectivity index (χ1) is 16.3. The molecule has 0 aliphatic carbocycles. The number of fused-ring (bicyclic) bond motifs is 1. The van der Waals surface area contributed by atoms with Crippen LogP contribution in [0.1, 0.15) is 22.3 Å². The fraction of sp³-hybridized carbons (Fsp3) is 0.138. The Morgan fingerprint density at radius 3 is 1.76 bits per heavy atom. The van der Waals surface area contributed by atoms with Gasteiger partial charge in [0.1, 0.15) is 5.41 Å². The van der Waals surface area contributed by atoms with Crippen LogP contribution in [0.15, 0.2) is 109 Å². The van der Waals surface area contributed by atoms with Crippen LogP contribution in [-0.2, 0) is 16.6 Å². The number of ether oxygens (including phenoxy) is 2. The number of benzene rings is 4. The molecular formula is C29H25NO3. The number of rotatable bonds is 7. The molecule has 1 aliphatic rings. The molecule has 0 saturated heterocycles. The summed E-state index contributed by atoms with van der Waals surface area (Å²) in [5, 5.41) is 3.22. The second-order valence-corrected chi connectivity index (χ2v) is 8.04. The maximum Gasteiger partial charge on any atom is 0.239 e. The third kappa shape index (κ3) is 3.96. The fourth-order valence-electron chi connectivity index (χ4n) is 4.51. The number of hydrogen-bond donors (Lipinski definition) is 1. The molecule has 0 fully saturated rings. The molecule has 0 spiro atoms. The average molecular weight is 436 g/mol. The zero-order valence-corrected chi connectivity index (χ0v) is 18.2. The van der Waals surface area contributed by atoms with E-state index < -0.39 is 5.41 Å². The second kappa shape index (κ2) is 9.21. The Bertz CT molecular complexity index is 1130. The lowest BCUT2D eigenvalue weighted by atomic mass is 9.68. The zero-order valence-electron chi connectivity index (χ0n) is 18.2. The van der Waals surface area contributed by atoms with Gasteiger partial charge in [-0.1, -0.05) is 97.1 Å². The van der Waals surface area contributed by atoms with Crippen molar-refractivity contribution in [2.45, 2.75) is 11.8 Å². The van der Waals surface area contributed by atoms with Gasteiger partial charge >= 0.3 is 0 Å². The van der Waals surface area contributed by atoms with E-state index in [2.05, 4.69) is 5.32 Å². The van der Waals surface area contributed by atoms with Crippen molar-refractivity contribution < 1.29 is 14.3 Å². The van der Waals surface area contributed by atoms with Gasteiger partial charge in [-0.05, 0) is 40.8 Å². The molecular weight excluding hydrogens is 410 g/mol. The highest BCUT2D eigenvalue weighted by Crippen LogP contribution is 2.39. The monoisotopic (exact) mass is 435 g/mol. The Balaban J connectivity index is 1.49. The molecule has 33 heavy (non-hydrogen) atoms. The number of amides is 1. The molecule has 1 N–H and O–H groups in total. The molecule has 0 bridgehead atoms. The number of nitrogens with one attached hydrogen (secondary N) is 1. The van der Waals surface area contributed by atoms with Gasteiger partial charge in [0.2, 0.25) is 12.7 Å². The van der Waals surface area contributed by atoms with Crippen molar-refractivity contribution in [3.63, 3.8) is 0 Å². The van der Waals surface area contributed by atoms with Crippen LogP contribution in [-0.4, -0.2) is 19.2 Å². The molecule has 1 aliphatic heterocycles. The largest absolute Gasteiger partial charge is 0.454 e. The van der Waals surface area contributed by atoms with E-state index in [9.17, 15) is 4.79 Å². The second-order valence-electron chi connectivity index (χ2n) is 8.04. The summed E-state index contributed by atoms with van der Waals surface area (Å²) in [4.78, 5) is 14.1. The quantitative estimate of drug-likeness (QED) is 0.411. The van der Waals surface area contributed by atoms with Gasteiger partial charge in [-0.3, -0.25) is 4.79 Å². The topological polar surface area (TPSA) is 47.6 Å². The molecule has 0 aromatic heterocycles. The molecule has 0 unspecified atom stereocenters. The van der Waals surface area contributed by atoms with Gasteiger partial charge in [0.05, 0.1) is 0 Å². The highest BCUT2D eigenvalue weighted by atomic mass is 16.7. The summed E-state index contributed by atoms with van der Waals surface area (Å²) in [5.74, 6) is 1.47. The van der Waals surface area contributed by atoms with E-state index in [0.29, 0.717) is 13.0 Å². The van der Waals surface area contributed by atoms with E-state index in [4.69, 9.17) is 9.47 Å². The highest BCUT2D eigenvalue weighted by Gasteiger charge is 2.43. The normalized spacial score (nSPS) is 12.4. The van der Waals surface area contributed by atoms with Crippen LogP contribution in [0.3, 0.4) is 0 Å². The summed E-state index contributed by atoms with van der Waals surface area (Å²) in [7, 11) is 0. The van der Waals surface area contributed by atoms with Crippen LogP contribution in [0.2, 0.25) is 0 Å². The van der Waals surface area contributed by atoms with Gasteiger partial charge in [0.25, 0.3) is 0 Å². The summed E-state index contributed by atoms with van der Waals surface area (Å²) < 4.78 is 10.9. The first-order valence-electron chi connectivity index (χ1n) is 11.1. The van der Waals surface area contributed by atoms with Crippen LogP contribution in [0.4, 0.5) is 0 Å². The average Bonchev–Trinajstić information content (AvgIpc) is 3.35. The Hall–Kier alpha value is -4.05. The third-order valence-corrected chi connectivity index (χ3v) is 6.10. The van der Waals surface area contributed by atoms with Gasteiger partial charge < -0.3 is 14.8 Å². The van der Waals surface area contributed by atoms with E-state index in [1.165, 1.54) is 0 Å². The molecule has 1 heterocycles. The fourth-order valence-corrected chi connectivity index (χ4v) is 4.51. The van der Waals surface area contributed by atoms with E-state index in [1.54, 1.807) is 0 Å². The third-order valence-electron chi connectivity index (χ3n) is 6.10. The maximum atomic E-state index is 14.1. The van der Waals surface area contributed by atoms with Gasteiger partial charge in [0.15, 0.2) is 11.5 Å². The van der Waals surface area contributed by atoms with Gasteiger partial charge in [-0.2, -0.15) is 0 Å². The smallest absolute Gasteiger partial charge is 0.239 e. The van der Waals surface area contributed by atoms with Crippen LogP contribution >= 0.6 is 0 Å². The van der Waals surface area contributed by atoms with Crippen molar-refractivity contribution in [1.29, 1.82) is 0 Å². The molecule has 4 aromatic carbocycles. The lowest BCUT2D eigenvalue weighted by Crippen LogP contribution is -2.46. The Morgan fingerprint density at radius 1 is 0.697 bits per heavy atom. The summed E-state index contributed by atoms with van der Waals surface area (Å²) in [6.07, 6.45) is 0.691. The molecule has 4 heteroatoms. The summed E-state index contributed by atoms with van der Waals surface area (Å²) >= 11 is 0. The van der Waals surface area contributed by atoms with Crippen molar-refractivity contribution in [2.24, 2.45) is 0 Å². The Labute approximate surface area is 193 Å². The van der Waals surface area contributed by atoms with E-state index >= 15 is 0 Å². The van der Waals surface area contributed by atoms with Crippen LogP contribution < -0.4 is 14.8 Å². The van der Waals surface area contributed by atoms with Gasteiger partial charge in [0, 0.05) is 6.54 Å². The number of carbonyl (C=O) groups is 1. The lowest BCUT2D eigenvalue weighted by molar-refractivity contribution is -0.124. The minimum absolute atomic E-state index is 0.0492. The number of hydrogen-bond acceptors (Lipinski definition) is 3. The van der Waals surface area contributed by atoms with Crippen molar-refractivity contribution in [2.75, 3.05) is 13.3 Å². The SMILES string of the molecule is O=C(NCCc1ccc2c(c1)OCO2)C(c1ccccc1)(c1ccccc1)c1ccccc1. The molecule has 164 valence electrons. The molecule has 0 atom stereocenters.